The lowest BCUT2D eigenvalue weighted by Gasteiger charge is -2.23. The molecule has 0 fully saturated rings. The van der Waals surface area contributed by atoms with Gasteiger partial charge in [0.25, 0.3) is 0 Å². The van der Waals surface area contributed by atoms with Crippen LogP contribution in [-0.2, 0) is 4.79 Å². The van der Waals surface area contributed by atoms with E-state index < -0.39 is 0 Å². The molecule has 2 aromatic carbocycles. The second-order valence-electron chi connectivity index (χ2n) is 6.33. The van der Waals surface area contributed by atoms with Gasteiger partial charge in [-0.05, 0) is 29.7 Å². The number of hydrogen-bond acceptors (Lipinski definition) is 3. The van der Waals surface area contributed by atoms with Crippen molar-refractivity contribution in [2.45, 2.75) is 26.8 Å². The highest BCUT2D eigenvalue weighted by Gasteiger charge is 2.19. The standard InChI is InChI=1S/C20H25N3O3/c1-13(2)19(15-8-6-5-7-9-15)23-20(25)22-17-12-16(21-14(3)24)10-11-18(17)26-4/h5-13,19H,1-4H3,(H,21,24)(H2,22,23,25)/t19-/m0/s1. The highest BCUT2D eigenvalue weighted by atomic mass is 16.5. The molecular weight excluding hydrogens is 330 g/mol. The Morgan fingerprint density at radius 2 is 1.69 bits per heavy atom. The summed E-state index contributed by atoms with van der Waals surface area (Å²) < 4.78 is 5.29. The molecule has 26 heavy (non-hydrogen) atoms. The third-order valence-corrected chi connectivity index (χ3v) is 3.88. The first-order valence-electron chi connectivity index (χ1n) is 8.48. The Labute approximate surface area is 153 Å². The molecule has 0 spiro atoms. The van der Waals surface area contributed by atoms with Crippen molar-refractivity contribution in [1.29, 1.82) is 0 Å². The minimum absolute atomic E-state index is 0.124. The molecule has 0 saturated carbocycles. The topological polar surface area (TPSA) is 79.5 Å². The molecule has 0 aromatic heterocycles. The summed E-state index contributed by atoms with van der Waals surface area (Å²) in [5.41, 5.74) is 2.10. The zero-order valence-electron chi connectivity index (χ0n) is 15.5. The Morgan fingerprint density at radius 3 is 2.27 bits per heavy atom. The van der Waals surface area contributed by atoms with E-state index in [1.165, 1.54) is 14.0 Å². The molecule has 0 radical (unpaired) electrons. The summed E-state index contributed by atoms with van der Waals surface area (Å²) in [6, 6.07) is 14.4. The van der Waals surface area contributed by atoms with Crippen LogP contribution in [0.2, 0.25) is 0 Å². The van der Waals surface area contributed by atoms with E-state index in [1.54, 1.807) is 18.2 Å². The van der Waals surface area contributed by atoms with Crippen molar-refractivity contribution < 1.29 is 14.3 Å². The summed E-state index contributed by atoms with van der Waals surface area (Å²) in [5.74, 6) is 0.542. The number of urea groups is 1. The minimum atomic E-state index is -0.342. The van der Waals surface area contributed by atoms with Crippen LogP contribution in [0.1, 0.15) is 32.4 Å². The van der Waals surface area contributed by atoms with E-state index >= 15 is 0 Å². The molecule has 2 rings (SSSR count). The molecule has 1 atom stereocenters. The van der Waals surface area contributed by atoms with Crippen LogP contribution in [0, 0.1) is 5.92 Å². The van der Waals surface area contributed by atoms with E-state index in [9.17, 15) is 9.59 Å². The fraction of sp³-hybridized carbons (Fsp3) is 0.300. The van der Waals surface area contributed by atoms with Crippen LogP contribution in [0.15, 0.2) is 48.5 Å². The first-order chi connectivity index (χ1) is 12.4. The second kappa shape index (κ2) is 8.89. The summed E-state index contributed by atoms with van der Waals surface area (Å²) in [7, 11) is 1.53. The van der Waals surface area contributed by atoms with Crippen molar-refractivity contribution in [3.8, 4) is 5.75 Å². The van der Waals surface area contributed by atoms with Gasteiger partial charge in [-0.15, -0.1) is 0 Å². The van der Waals surface area contributed by atoms with Gasteiger partial charge in [-0.25, -0.2) is 4.79 Å². The molecule has 0 aliphatic heterocycles. The second-order valence-corrected chi connectivity index (χ2v) is 6.33. The van der Waals surface area contributed by atoms with Crippen molar-refractivity contribution in [2.24, 2.45) is 5.92 Å². The number of methoxy groups -OCH3 is 1. The largest absolute Gasteiger partial charge is 0.495 e. The van der Waals surface area contributed by atoms with Gasteiger partial charge in [0.2, 0.25) is 5.91 Å². The number of nitrogens with one attached hydrogen (secondary N) is 3. The Bertz CT molecular complexity index is 760. The van der Waals surface area contributed by atoms with Crippen LogP contribution in [-0.4, -0.2) is 19.0 Å². The van der Waals surface area contributed by atoms with Gasteiger partial charge >= 0.3 is 6.03 Å². The normalized spacial score (nSPS) is 11.6. The Kier molecular flexibility index (Phi) is 6.60. The monoisotopic (exact) mass is 355 g/mol. The Morgan fingerprint density at radius 1 is 1.00 bits per heavy atom. The Hall–Kier alpha value is -3.02. The van der Waals surface area contributed by atoms with Gasteiger partial charge < -0.3 is 20.7 Å². The average Bonchev–Trinajstić information content (AvgIpc) is 2.60. The smallest absolute Gasteiger partial charge is 0.319 e. The SMILES string of the molecule is COc1ccc(NC(C)=O)cc1NC(=O)N[C@H](c1ccccc1)C(C)C. The van der Waals surface area contributed by atoms with Crippen molar-refractivity contribution in [3.05, 3.63) is 54.1 Å². The lowest BCUT2D eigenvalue weighted by molar-refractivity contribution is -0.114. The predicted molar refractivity (Wildman–Crippen MR) is 103 cm³/mol. The molecule has 0 aliphatic rings. The van der Waals surface area contributed by atoms with Crippen molar-refractivity contribution in [1.82, 2.24) is 5.32 Å². The number of anilines is 2. The number of carbonyl (C=O) groups is 2. The zero-order valence-corrected chi connectivity index (χ0v) is 15.5. The summed E-state index contributed by atoms with van der Waals surface area (Å²) in [6.45, 7) is 5.53. The first kappa shape index (κ1) is 19.3. The Balaban J connectivity index is 2.16. The molecule has 0 bridgehead atoms. The van der Waals surface area contributed by atoms with Crippen molar-refractivity contribution in [3.63, 3.8) is 0 Å². The predicted octanol–water partition coefficient (Wildman–Crippen LogP) is 4.17. The summed E-state index contributed by atoms with van der Waals surface area (Å²) in [5, 5.41) is 8.49. The number of carbonyl (C=O) groups excluding carboxylic acids is 2. The zero-order chi connectivity index (χ0) is 19.1. The first-order valence-corrected chi connectivity index (χ1v) is 8.48. The lowest BCUT2D eigenvalue weighted by atomic mass is 9.96. The third-order valence-electron chi connectivity index (χ3n) is 3.88. The van der Waals surface area contributed by atoms with E-state index in [-0.39, 0.29) is 23.9 Å². The molecule has 0 unspecified atom stereocenters. The van der Waals surface area contributed by atoms with Crippen LogP contribution in [0.5, 0.6) is 5.75 Å². The number of benzene rings is 2. The maximum atomic E-state index is 12.5. The quantitative estimate of drug-likeness (QED) is 0.727. The number of amides is 3. The molecule has 6 nitrogen and oxygen atoms in total. The van der Waals surface area contributed by atoms with Gasteiger partial charge in [0.05, 0.1) is 18.8 Å². The van der Waals surface area contributed by atoms with Crippen molar-refractivity contribution in [2.75, 3.05) is 17.7 Å². The van der Waals surface area contributed by atoms with Gasteiger partial charge in [0, 0.05) is 12.6 Å². The van der Waals surface area contributed by atoms with Crippen LogP contribution >= 0.6 is 0 Å². The van der Waals surface area contributed by atoms with Gasteiger partial charge in [0.15, 0.2) is 0 Å². The third kappa shape index (κ3) is 5.24. The summed E-state index contributed by atoms with van der Waals surface area (Å²) in [4.78, 5) is 23.8. The van der Waals surface area contributed by atoms with Crippen LogP contribution in [0.25, 0.3) is 0 Å². The van der Waals surface area contributed by atoms with Gasteiger partial charge in [0.1, 0.15) is 5.75 Å². The lowest BCUT2D eigenvalue weighted by Crippen LogP contribution is -2.35. The fourth-order valence-corrected chi connectivity index (χ4v) is 2.68. The number of hydrogen-bond donors (Lipinski definition) is 3. The highest BCUT2D eigenvalue weighted by Crippen LogP contribution is 2.28. The number of ether oxygens (including phenoxy) is 1. The molecule has 3 amide bonds. The number of rotatable bonds is 6. The fourth-order valence-electron chi connectivity index (χ4n) is 2.68. The highest BCUT2D eigenvalue weighted by molar-refractivity contribution is 5.94. The van der Waals surface area contributed by atoms with Crippen molar-refractivity contribution >= 4 is 23.3 Å². The molecule has 0 heterocycles. The molecule has 0 aliphatic carbocycles. The van der Waals surface area contributed by atoms with E-state index in [1.807, 2.05) is 30.3 Å². The molecular formula is C20H25N3O3. The van der Waals surface area contributed by atoms with E-state index in [2.05, 4.69) is 29.8 Å². The van der Waals surface area contributed by atoms with Gasteiger partial charge in [-0.2, -0.15) is 0 Å². The van der Waals surface area contributed by atoms with Crippen LogP contribution in [0.4, 0.5) is 16.2 Å². The maximum Gasteiger partial charge on any atom is 0.319 e. The van der Waals surface area contributed by atoms with E-state index in [0.29, 0.717) is 17.1 Å². The van der Waals surface area contributed by atoms with E-state index in [0.717, 1.165) is 5.56 Å². The molecule has 138 valence electrons. The average molecular weight is 355 g/mol. The molecule has 0 saturated heterocycles. The minimum Gasteiger partial charge on any atom is -0.495 e. The molecule has 3 N–H and O–H groups in total. The molecule has 6 heteroatoms. The summed E-state index contributed by atoms with van der Waals surface area (Å²) >= 11 is 0. The summed E-state index contributed by atoms with van der Waals surface area (Å²) in [6.07, 6.45) is 0. The molecule has 2 aromatic rings. The van der Waals surface area contributed by atoms with E-state index in [4.69, 9.17) is 4.74 Å². The van der Waals surface area contributed by atoms with Crippen LogP contribution < -0.4 is 20.7 Å². The maximum absolute atomic E-state index is 12.5. The van der Waals surface area contributed by atoms with Gasteiger partial charge in [-0.3, -0.25) is 4.79 Å². The van der Waals surface area contributed by atoms with Gasteiger partial charge in [-0.1, -0.05) is 44.2 Å². The van der Waals surface area contributed by atoms with Crippen LogP contribution in [0.3, 0.4) is 0 Å².